The summed E-state index contributed by atoms with van der Waals surface area (Å²) in [6.45, 7) is 0. The molecular formula is C8H6NNaO2. The van der Waals surface area contributed by atoms with E-state index in [2.05, 4.69) is 5.32 Å². The second-order valence-electron chi connectivity index (χ2n) is 2.33. The van der Waals surface area contributed by atoms with Crippen molar-refractivity contribution in [1.29, 1.82) is 0 Å². The molecule has 0 radical (unpaired) electrons. The van der Waals surface area contributed by atoms with Gasteiger partial charge in [-0.25, -0.2) is 0 Å². The van der Waals surface area contributed by atoms with Gasteiger partial charge < -0.3 is 1.43 Å². The molecule has 0 saturated heterocycles. The molecule has 12 heavy (non-hydrogen) atoms. The van der Waals surface area contributed by atoms with Crippen LogP contribution in [0.4, 0.5) is 0 Å². The summed E-state index contributed by atoms with van der Waals surface area (Å²) in [6.07, 6.45) is 0. The second kappa shape index (κ2) is 3.39. The minimum atomic E-state index is -0.300. The molecule has 1 aliphatic rings. The fourth-order valence-corrected chi connectivity index (χ4v) is 1.12. The van der Waals surface area contributed by atoms with Gasteiger partial charge in [-0.3, -0.25) is 14.9 Å². The fourth-order valence-electron chi connectivity index (χ4n) is 1.12. The van der Waals surface area contributed by atoms with E-state index in [0.29, 0.717) is 11.1 Å². The van der Waals surface area contributed by atoms with E-state index in [0.717, 1.165) is 0 Å². The number of nitrogens with one attached hydrogen (secondary N) is 1. The van der Waals surface area contributed by atoms with Crippen molar-refractivity contribution in [3.05, 3.63) is 35.4 Å². The molecule has 2 amide bonds. The van der Waals surface area contributed by atoms with Crippen LogP contribution in [0.1, 0.15) is 22.1 Å². The third-order valence-electron chi connectivity index (χ3n) is 1.64. The van der Waals surface area contributed by atoms with Crippen LogP contribution in [-0.4, -0.2) is 11.8 Å². The van der Waals surface area contributed by atoms with Gasteiger partial charge in [-0.1, -0.05) is 12.1 Å². The van der Waals surface area contributed by atoms with Gasteiger partial charge in [0.05, 0.1) is 11.1 Å². The molecule has 1 heterocycles. The number of imide groups is 1. The number of carbonyl (C=O) groups is 2. The van der Waals surface area contributed by atoms with E-state index in [4.69, 9.17) is 0 Å². The number of carbonyl (C=O) groups excluding carboxylic acids is 2. The maximum absolute atomic E-state index is 10.9. The molecule has 1 aromatic carbocycles. The van der Waals surface area contributed by atoms with E-state index < -0.39 is 0 Å². The zero-order valence-electron chi connectivity index (χ0n) is 7.63. The van der Waals surface area contributed by atoms with Crippen molar-refractivity contribution in [2.45, 2.75) is 0 Å². The molecule has 0 atom stereocenters. The van der Waals surface area contributed by atoms with Crippen LogP contribution in [0, 0.1) is 0 Å². The predicted octanol–water partition coefficient (Wildman–Crippen LogP) is -2.31. The minimum absolute atomic E-state index is 0. The molecule has 0 unspecified atom stereocenters. The number of amides is 2. The standard InChI is InChI=1S/C8H5NO2.Na.H/c10-7-5-3-1-2-4-6(5)8(11)9-7;;/h1-4H,(H,9,10,11);;/q;+1;-1. The normalized spacial score (nSPS) is 13.3. The number of fused-ring (bicyclic) bond motifs is 1. The molecule has 0 bridgehead atoms. The Morgan fingerprint density at radius 3 is 1.83 bits per heavy atom. The maximum Gasteiger partial charge on any atom is 1.00 e. The average Bonchev–Trinajstić information content (AvgIpc) is 2.30. The summed E-state index contributed by atoms with van der Waals surface area (Å²) >= 11 is 0. The monoisotopic (exact) mass is 171 g/mol. The van der Waals surface area contributed by atoms with Gasteiger partial charge in [-0.2, -0.15) is 0 Å². The van der Waals surface area contributed by atoms with Crippen molar-refractivity contribution in [3.63, 3.8) is 0 Å². The van der Waals surface area contributed by atoms with Gasteiger partial charge in [-0.05, 0) is 12.1 Å². The Morgan fingerprint density at radius 1 is 1.00 bits per heavy atom. The third-order valence-corrected chi connectivity index (χ3v) is 1.64. The molecule has 0 aliphatic carbocycles. The number of benzene rings is 1. The van der Waals surface area contributed by atoms with E-state index in [9.17, 15) is 9.59 Å². The zero-order valence-corrected chi connectivity index (χ0v) is 8.63. The number of hydrogen-bond acceptors (Lipinski definition) is 2. The van der Waals surface area contributed by atoms with Gasteiger partial charge in [0.2, 0.25) is 0 Å². The molecule has 0 spiro atoms. The molecule has 4 heteroatoms. The van der Waals surface area contributed by atoms with Gasteiger partial charge in [0.1, 0.15) is 0 Å². The van der Waals surface area contributed by atoms with E-state index in [-0.39, 0.29) is 42.8 Å². The van der Waals surface area contributed by atoms with E-state index in [1.165, 1.54) is 0 Å². The largest absolute Gasteiger partial charge is 1.00 e. The van der Waals surface area contributed by atoms with Gasteiger partial charge in [0.15, 0.2) is 0 Å². The number of hydrogen-bond donors (Lipinski definition) is 1. The molecule has 0 saturated carbocycles. The quantitative estimate of drug-likeness (QED) is 0.352. The molecule has 1 aromatic rings. The SMILES string of the molecule is O=C1NC(=O)c2ccccc21.[H-].[Na+]. The summed E-state index contributed by atoms with van der Waals surface area (Å²) in [7, 11) is 0. The first-order valence-electron chi connectivity index (χ1n) is 3.24. The zero-order chi connectivity index (χ0) is 7.84. The first kappa shape index (κ1) is 9.45. The number of rotatable bonds is 0. The Morgan fingerprint density at radius 2 is 1.42 bits per heavy atom. The Kier molecular flexibility index (Phi) is 2.67. The summed E-state index contributed by atoms with van der Waals surface area (Å²) in [5.41, 5.74) is 0.940. The van der Waals surface area contributed by atoms with E-state index >= 15 is 0 Å². The van der Waals surface area contributed by atoms with Gasteiger partial charge >= 0.3 is 29.6 Å². The summed E-state index contributed by atoms with van der Waals surface area (Å²) in [5, 5.41) is 2.20. The van der Waals surface area contributed by atoms with Gasteiger partial charge in [0.25, 0.3) is 11.8 Å². The average molecular weight is 171 g/mol. The summed E-state index contributed by atoms with van der Waals surface area (Å²) in [5.74, 6) is -0.601. The van der Waals surface area contributed by atoms with Crippen molar-refractivity contribution in [2.24, 2.45) is 0 Å². The van der Waals surface area contributed by atoms with Crippen LogP contribution in [0.2, 0.25) is 0 Å². The van der Waals surface area contributed by atoms with Crippen molar-refractivity contribution in [1.82, 2.24) is 5.32 Å². The van der Waals surface area contributed by atoms with Crippen LogP contribution in [0.25, 0.3) is 0 Å². The Labute approximate surface area is 92.9 Å². The topological polar surface area (TPSA) is 46.2 Å². The van der Waals surface area contributed by atoms with Crippen LogP contribution in [0.3, 0.4) is 0 Å². The first-order chi connectivity index (χ1) is 5.29. The second-order valence-corrected chi connectivity index (χ2v) is 2.33. The first-order valence-corrected chi connectivity index (χ1v) is 3.24. The third kappa shape index (κ3) is 1.31. The molecule has 0 fully saturated rings. The summed E-state index contributed by atoms with van der Waals surface area (Å²) < 4.78 is 0. The summed E-state index contributed by atoms with van der Waals surface area (Å²) in [4.78, 5) is 21.9. The van der Waals surface area contributed by atoms with Crippen LogP contribution in [-0.2, 0) is 0 Å². The van der Waals surface area contributed by atoms with Crippen LogP contribution in [0.15, 0.2) is 24.3 Å². The molecule has 2 rings (SSSR count). The van der Waals surface area contributed by atoms with Crippen molar-refractivity contribution < 1.29 is 40.6 Å². The Bertz CT molecular complexity index is 321. The smallest absolute Gasteiger partial charge is 1.00 e. The van der Waals surface area contributed by atoms with Crippen LogP contribution in [0.5, 0.6) is 0 Å². The van der Waals surface area contributed by atoms with Crippen molar-refractivity contribution >= 4 is 11.8 Å². The predicted molar refractivity (Wildman–Crippen MR) is 39.4 cm³/mol. The van der Waals surface area contributed by atoms with Crippen molar-refractivity contribution in [3.8, 4) is 0 Å². The molecule has 56 valence electrons. The molecule has 1 aliphatic heterocycles. The molecule has 0 aromatic heterocycles. The van der Waals surface area contributed by atoms with E-state index in [1.807, 2.05) is 0 Å². The maximum atomic E-state index is 10.9. The molecule has 1 N–H and O–H groups in total. The molecule has 3 nitrogen and oxygen atoms in total. The van der Waals surface area contributed by atoms with Crippen LogP contribution >= 0.6 is 0 Å². The molecular weight excluding hydrogens is 165 g/mol. The Balaban J connectivity index is 0.000000720. The minimum Gasteiger partial charge on any atom is -1.00 e. The fraction of sp³-hybridized carbons (Fsp3) is 0. The van der Waals surface area contributed by atoms with Gasteiger partial charge in [-0.15, -0.1) is 0 Å². The van der Waals surface area contributed by atoms with E-state index in [1.54, 1.807) is 24.3 Å². The summed E-state index contributed by atoms with van der Waals surface area (Å²) in [6, 6.07) is 6.74. The van der Waals surface area contributed by atoms with Crippen molar-refractivity contribution in [2.75, 3.05) is 0 Å². The Hall–Kier alpha value is -0.640. The van der Waals surface area contributed by atoms with Crippen LogP contribution < -0.4 is 34.9 Å². The van der Waals surface area contributed by atoms with Gasteiger partial charge in [0, 0.05) is 0 Å².